The van der Waals surface area contributed by atoms with E-state index >= 15 is 0 Å². The van der Waals surface area contributed by atoms with Gasteiger partial charge in [-0.2, -0.15) is 5.10 Å². The molecule has 6 aromatic rings. The number of pyridine rings is 1. The van der Waals surface area contributed by atoms with Gasteiger partial charge >= 0.3 is 0 Å². The third kappa shape index (κ3) is 16.4. The molecule has 0 bridgehead atoms. The van der Waals surface area contributed by atoms with E-state index in [4.69, 9.17) is 23.4 Å². The van der Waals surface area contributed by atoms with E-state index in [0.29, 0.717) is 73.6 Å². The van der Waals surface area contributed by atoms with E-state index in [2.05, 4.69) is 53.8 Å². The number of fused-ring (bicyclic) bond motifs is 2. The largest absolute Gasteiger partial charge is 0.491 e. The lowest BCUT2D eigenvalue weighted by atomic mass is 9.83. The fraction of sp³-hybridized carbons (Fsp3) is 0.460. The average Bonchev–Trinajstić information content (AvgIpc) is 2.94. The summed E-state index contributed by atoms with van der Waals surface area (Å²) in [7, 11) is 0. The minimum atomic E-state index is -3.00. The Balaban J connectivity index is 0.670. The Morgan fingerprint density at radius 3 is 2.31 bits per heavy atom. The molecule has 2 aliphatic carbocycles. The van der Waals surface area contributed by atoms with Crippen LogP contribution in [0.15, 0.2) is 102 Å². The van der Waals surface area contributed by atoms with Crippen molar-refractivity contribution in [1.82, 2.24) is 40.6 Å². The maximum Gasteiger partial charge on any atom is 0.284 e. The number of nitrogens with zero attached hydrogens (tertiary/aromatic N) is 5. The van der Waals surface area contributed by atoms with Gasteiger partial charge < -0.3 is 54.8 Å². The standard InChI is InChI=1S/C63H76F2N10O10/c1-6-39(2)57(76)72-55(63(3,4)5)62(80)74-36-45-32-47(21-18-43(45)33-52(74)60(79)69-49-13-9-11-41-10-7-8-12-48(41)49)84-31-30-83-29-28-82-27-26-81-25-24-67-58(77)42-16-19-46(20-17-42)75-37-50(54(73-75)56(64)65)70-59(78)51-38-85-61(71-51)44-22-23-66-53(34-44)68-35-40-14-15-40/h7-8,10,12,16-23,32,34,37-40,49,52,55-56H,6,9,11,13-15,24-31,33,35-36H2,1-5H3,(H,66,68)(H,67,77)(H,69,79)(H,70,78)(H,72,76)/t39-,49-,52+,55-/m1/s1. The second-order valence-corrected chi connectivity index (χ2v) is 22.8. The molecule has 4 heterocycles. The highest BCUT2D eigenvalue weighted by Gasteiger charge is 2.43. The molecule has 1 saturated carbocycles. The van der Waals surface area contributed by atoms with Crippen LogP contribution in [-0.2, 0) is 48.0 Å². The van der Waals surface area contributed by atoms with E-state index in [-0.39, 0.29) is 85.8 Å². The van der Waals surface area contributed by atoms with Crippen molar-refractivity contribution >= 4 is 41.0 Å². The van der Waals surface area contributed by atoms with Crippen molar-refractivity contribution < 1.29 is 56.1 Å². The predicted molar refractivity (Wildman–Crippen MR) is 313 cm³/mol. The van der Waals surface area contributed by atoms with Gasteiger partial charge in [-0.15, -0.1) is 0 Å². The molecule has 5 N–H and O–H groups in total. The predicted octanol–water partition coefficient (Wildman–Crippen LogP) is 8.82. The molecule has 3 aliphatic rings. The van der Waals surface area contributed by atoms with Crippen LogP contribution >= 0.6 is 0 Å². The van der Waals surface area contributed by atoms with Gasteiger partial charge in [-0.25, -0.2) is 23.4 Å². The van der Waals surface area contributed by atoms with E-state index in [1.165, 1.54) is 41.4 Å². The molecular weight excluding hydrogens is 1090 g/mol. The summed E-state index contributed by atoms with van der Waals surface area (Å²) < 4.78 is 58.1. The van der Waals surface area contributed by atoms with Crippen LogP contribution in [0.3, 0.4) is 0 Å². The number of carbonyl (C=O) groups excluding carboxylic acids is 5. The van der Waals surface area contributed by atoms with Crippen molar-refractivity contribution in [2.24, 2.45) is 17.3 Å². The highest BCUT2D eigenvalue weighted by atomic mass is 19.3. The van der Waals surface area contributed by atoms with Gasteiger partial charge in [-0.05, 0) is 121 Å². The van der Waals surface area contributed by atoms with Crippen molar-refractivity contribution in [3.8, 4) is 22.9 Å². The molecule has 1 fully saturated rings. The summed E-state index contributed by atoms with van der Waals surface area (Å²) in [4.78, 5) is 78.6. The number of hydrogen-bond acceptors (Lipinski definition) is 14. The minimum absolute atomic E-state index is 0.115. The smallest absolute Gasteiger partial charge is 0.284 e. The summed E-state index contributed by atoms with van der Waals surface area (Å²) in [5.74, 6) is -0.0854. The number of anilines is 2. The van der Waals surface area contributed by atoms with Crippen LogP contribution in [0.1, 0.15) is 128 Å². The molecule has 0 saturated heterocycles. The first kappa shape index (κ1) is 61.5. The van der Waals surface area contributed by atoms with Gasteiger partial charge in [0.15, 0.2) is 11.4 Å². The lowest BCUT2D eigenvalue weighted by molar-refractivity contribution is -0.147. The van der Waals surface area contributed by atoms with Crippen LogP contribution < -0.4 is 31.3 Å². The number of ether oxygens (including phenoxy) is 4. The molecule has 3 aromatic carbocycles. The molecule has 85 heavy (non-hydrogen) atoms. The summed E-state index contributed by atoms with van der Waals surface area (Å²) in [6.45, 7) is 12.8. The topological polar surface area (TPSA) is 242 Å². The zero-order chi connectivity index (χ0) is 60.0. The Morgan fingerprint density at radius 2 is 1.58 bits per heavy atom. The van der Waals surface area contributed by atoms with Crippen LogP contribution in [0.2, 0.25) is 0 Å². The number of aromatic nitrogens is 4. The normalized spacial score (nSPS) is 16.4. The van der Waals surface area contributed by atoms with Crippen LogP contribution in [0, 0.1) is 17.3 Å². The monoisotopic (exact) mass is 1170 g/mol. The molecule has 3 aromatic heterocycles. The highest BCUT2D eigenvalue weighted by Crippen LogP contribution is 2.35. The maximum absolute atomic E-state index is 14.7. The Morgan fingerprint density at radius 1 is 0.835 bits per heavy atom. The SMILES string of the molecule is CC[C@@H](C)C(=O)N[C@H](C(=O)N1Cc2cc(OCCOCCOCCOCCNC(=O)c3ccc(-n4cc(NC(=O)c5coc(-c6ccnc(NCC7CC7)c6)n5)c(C(F)F)n4)cc3)ccc2C[C@H]1C(=O)N[C@@H]1CCCc2ccccc21)C(C)(C)C. The van der Waals surface area contributed by atoms with E-state index in [1.54, 1.807) is 35.4 Å². The minimum Gasteiger partial charge on any atom is -0.491 e. The third-order valence-corrected chi connectivity index (χ3v) is 15.4. The first-order chi connectivity index (χ1) is 41.0. The molecule has 452 valence electrons. The first-order valence-corrected chi connectivity index (χ1v) is 29.2. The lowest BCUT2D eigenvalue weighted by Gasteiger charge is -2.42. The number of halogens is 2. The highest BCUT2D eigenvalue weighted by molar-refractivity contribution is 6.03. The molecule has 0 spiro atoms. The molecule has 5 amide bonds. The summed E-state index contributed by atoms with van der Waals surface area (Å²) in [6, 6.07) is 21.7. The van der Waals surface area contributed by atoms with Gasteiger partial charge in [-0.3, -0.25) is 24.0 Å². The number of rotatable bonds is 28. The summed E-state index contributed by atoms with van der Waals surface area (Å²) >= 11 is 0. The molecule has 0 radical (unpaired) electrons. The Bertz CT molecular complexity index is 3270. The van der Waals surface area contributed by atoms with Crippen LogP contribution in [0.4, 0.5) is 20.3 Å². The quantitative estimate of drug-likeness (QED) is 0.0289. The fourth-order valence-corrected chi connectivity index (χ4v) is 10.1. The van der Waals surface area contributed by atoms with Gasteiger partial charge in [-0.1, -0.05) is 65.0 Å². The zero-order valence-electron chi connectivity index (χ0n) is 48.8. The van der Waals surface area contributed by atoms with Gasteiger partial charge in [0.1, 0.15) is 36.5 Å². The molecule has 0 unspecified atom stereocenters. The summed E-state index contributed by atoms with van der Waals surface area (Å²) in [6.07, 6.45) is 7.03. The number of benzene rings is 3. The number of nitrogens with one attached hydrogen (secondary N) is 5. The van der Waals surface area contributed by atoms with Crippen molar-refractivity contribution in [2.45, 2.75) is 111 Å². The second-order valence-electron chi connectivity index (χ2n) is 22.8. The van der Waals surface area contributed by atoms with Crippen LogP contribution in [-0.4, -0.2) is 126 Å². The molecule has 22 heteroatoms. The van der Waals surface area contributed by atoms with Gasteiger partial charge in [0, 0.05) is 49.3 Å². The molecule has 20 nitrogen and oxygen atoms in total. The zero-order valence-corrected chi connectivity index (χ0v) is 48.8. The molecule has 1 aliphatic heterocycles. The summed E-state index contributed by atoms with van der Waals surface area (Å²) in [5.41, 5.74) is 3.81. The van der Waals surface area contributed by atoms with E-state index in [0.717, 1.165) is 48.8 Å². The maximum atomic E-state index is 14.7. The Labute approximate surface area is 493 Å². The first-order valence-electron chi connectivity index (χ1n) is 29.2. The Kier molecular flexibility index (Phi) is 20.7. The number of hydrogen-bond donors (Lipinski definition) is 5. The van der Waals surface area contributed by atoms with E-state index in [1.807, 2.05) is 65.0 Å². The van der Waals surface area contributed by atoms with E-state index in [9.17, 15) is 32.8 Å². The number of alkyl halides is 2. The summed E-state index contributed by atoms with van der Waals surface area (Å²) in [5, 5.41) is 18.9. The lowest BCUT2D eigenvalue weighted by Crippen LogP contribution is -2.61. The second kappa shape index (κ2) is 28.7. The average molecular weight is 1170 g/mol. The van der Waals surface area contributed by atoms with Gasteiger partial charge in [0.05, 0.1) is 63.3 Å². The van der Waals surface area contributed by atoms with Crippen molar-refractivity contribution in [2.75, 3.05) is 70.0 Å². The number of carbonyl (C=O) groups is 5. The molecule has 4 atom stereocenters. The van der Waals surface area contributed by atoms with Gasteiger partial charge in [0.25, 0.3) is 18.2 Å². The van der Waals surface area contributed by atoms with Crippen molar-refractivity contribution in [3.63, 3.8) is 0 Å². The van der Waals surface area contributed by atoms with Crippen LogP contribution in [0.25, 0.3) is 17.1 Å². The van der Waals surface area contributed by atoms with E-state index < -0.39 is 35.5 Å². The number of aryl methyl sites for hydroxylation is 1. The third-order valence-electron chi connectivity index (χ3n) is 15.4. The fourth-order valence-electron chi connectivity index (χ4n) is 10.1. The van der Waals surface area contributed by atoms with Gasteiger partial charge in [0.2, 0.25) is 23.6 Å². The molecule has 9 rings (SSSR count). The Hall–Kier alpha value is -8.08. The van der Waals surface area contributed by atoms with Crippen LogP contribution in [0.5, 0.6) is 5.75 Å². The number of oxazole rings is 1. The number of amides is 5. The van der Waals surface area contributed by atoms with Crippen molar-refractivity contribution in [3.05, 3.63) is 137 Å². The molecular formula is C63H76F2N10O10. The van der Waals surface area contributed by atoms with Crippen molar-refractivity contribution in [1.29, 1.82) is 0 Å².